The van der Waals surface area contributed by atoms with Gasteiger partial charge in [-0.2, -0.15) is 0 Å². The van der Waals surface area contributed by atoms with Crippen molar-refractivity contribution in [1.82, 2.24) is 0 Å². The summed E-state index contributed by atoms with van der Waals surface area (Å²) in [6.07, 6.45) is 15.1. The van der Waals surface area contributed by atoms with Gasteiger partial charge in [0, 0.05) is 29.7 Å². The molecule has 0 radical (unpaired) electrons. The first-order valence-corrected chi connectivity index (χ1v) is 46.9. The maximum atomic E-state index is 5.82. The van der Waals surface area contributed by atoms with Crippen molar-refractivity contribution in [3.63, 3.8) is 0 Å². The molecule has 558 valence electrons. The van der Waals surface area contributed by atoms with Gasteiger partial charge in [0.05, 0.1) is 83.2 Å². The van der Waals surface area contributed by atoms with Crippen LogP contribution in [-0.2, 0) is 65.4 Å². The third kappa shape index (κ3) is 26.4. The Morgan fingerprint density at radius 2 is 0.537 bits per heavy atom. The average Bonchev–Trinajstić information content (AvgIpc) is 0.711. The van der Waals surface area contributed by atoms with E-state index in [4.69, 9.17) is 14.2 Å². The van der Waals surface area contributed by atoms with Crippen LogP contribution in [0.1, 0.15) is 88.5 Å². The molecule has 13 aromatic carbocycles. The summed E-state index contributed by atoms with van der Waals surface area (Å²) in [5, 5.41) is 2.64. The van der Waals surface area contributed by atoms with Crippen LogP contribution in [-0.4, -0.2) is 56.9 Å². The van der Waals surface area contributed by atoms with Crippen LogP contribution >= 0.6 is 0 Å². The number of unbranched alkanes of at least 4 members (excludes halogenated alkanes) is 3. The number of aryl methyl sites for hydroxylation is 4. The Morgan fingerprint density at radius 1 is 0.269 bits per heavy atom. The Kier molecular flexibility index (Phi) is 37.5. The predicted molar refractivity (Wildman–Crippen MR) is 479 cm³/mol. The molecule has 0 amide bonds. The molecule has 0 heterocycles. The molecule has 9 heteroatoms. The number of rotatable bonds is 25. The number of fused-ring (bicyclic) bond motifs is 1. The van der Waals surface area contributed by atoms with E-state index in [1.165, 1.54) is 148 Å². The van der Waals surface area contributed by atoms with E-state index in [1.807, 2.05) is 19.1 Å². The minimum atomic E-state index is -0.103. The van der Waals surface area contributed by atoms with Crippen LogP contribution in [0.4, 0.5) is 0 Å². The van der Waals surface area contributed by atoms with E-state index in [-0.39, 0.29) is 43.6 Å². The monoisotopic (exact) mass is 1540 g/mol. The van der Waals surface area contributed by atoms with Crippen LogP contribution in [0.25, 0.3) is 10.8 Å². The fraction of sp³-hybridized carbons (Fsp3) is 0.232. The first-order chi connectivity index (χ1) is 52.8. The second-order valence-corrected chi connectivity index (χ2v) is 39.3. The van der Waals surface area contributed by atoms with Gasteiger partial charge in [0.2, 0.25) is 0 Å². The Hall–Kier alpha value is -8.38. The molecule has 0 saturated carbocycles. The minimum absolute atomic E-state index is 0.0804. The minimum Gasteiger partial charge on any atom is -0.497 e. The lowest BCUT2D eigenvalue weighted by molar-refractivity contribution is 0.335. The lowest BCUT2D eigenvalue weighted by atomic mass is 10.1. The van der Waals surface area contributed by atoms with Crippen molar-refractivity contribution in [3.05, 3.63) is 356 Å². The van der Waals surface area contributed by atoms with Crippen LogP contribution < -0.4 is 14.2 Å². The summed E-state index contributed by atoms with van der Waals surface area (Å²) in [5.74, 6) is 7.43. The van der Waals surface area contributed by atoms with Gasteiger partial charge >= 0.3 is 0 Å². The molecule has 0 aliphatic heterocycles. The Morgan fingerprint density at radius 3 is 0.833 bits per heavy atom. The Labute approximate surface area is 667 Å². The summed E-state index contributed by atoms with van der Waals surface area (Å²) in [5.41, 5.74) is 4.78. The topological polar surface area (TPSA) is 27.7 Å². The molecule has 0 bridgehead atoms. The van der Waals surface area contributed by atoms with Crippen molar-refractivity contribution in [1.29, 1.82) is 0 Å². The fourth-order valence-electron chi connectivity index (χ4n) is 12.3. The van der Waals surface area contributed by atoms with Crippen molar-refractivity contribution in [2.45, 2.75) is 153 Å². The third-order valence-electron chi connectivity index (χ3n) is 17.3. The zero-order chi connectivity index (χ0) is 76.7. The van der Waals surface area contributed by atoms with Gasteiger partial charge in [0.15, 0.2) is 58.7 Å². The molecule has 108 heavy (non-hydrogen) atoms. The Bertz CT molecular complexity index is 4360. The number of hydrogen-bond donors (Lipinski definition) is 0. The van der Waals surface area contributed by atoms with E-state index in [2.05, 4.69) is 389 Å². The van der Waals surface area contributed by atoms with E-state index >= 15 is 0 Å². The van der Waals surface area contributed by atoms with Gasteiger partial charge in [0.1, 0.15) is 34.5 Å². The average molecular weight is 1540 g/mol. The van der Waals surface area contributed by atoms with Crippen molar-refractivity contribution >= 4 is 76.1 Å². The number of methoxy groups -OCH3 is 2. The molecular weight excluding hydrogens is 1430 g/mol. The van der Waals surface area contributed by atoms with Gasteiger partial charge in [-0.1, -0.05) is 216 Å². The van der Waals surface area contributed by atoms with E-state index < -0.39 is 0 Å². The van der Waals surface area contributed by atoms with Crippen LogP contribution in [0, 0.1) is 27.7 Å². The summed E-state index contributed by atoms with van der Waals surface area (Å²) in [6.45, 7) is 18.2. The summed E-state index contributed by atoms with van der Waals surface area (Å²) in [4.78, 5) is 16.1. The summed E-state index contributed by atoms with van der Waals surface area (Å²) in [7, 11) is 4.48. The molecule has 0 fully saturated rings. The predicted octanol–water partition coefficient (Wildman–Crippen LogP) is 26.4. The molecule has 13 rings (SSSR count). The zero-order valence-electron chi connectivity index (χ0n) is 66.0. The van der Waals surface area contributed by atoms with Crippen molar-refractivity contribution in [3.8, 4) is 17.2 Å². The van der Waals surface area contributed by atoms with Gasteiger partial charge < -0.3 is 14.2 Å². The Balaban J connectivity index is 0.000000170. The first-order valence-electron chi connectivity index (χ1n) is 37.8. The molecule has 0 saturated heterocycles. The summed E-state index contributed by atoms with van der Waals surface area (Å²) in [6, 6.07) is 119. The van der Waals surface area contributed by atoms with Crippen molar-refractivity contribution < 1.29 is 14.2 Å². The van der Waals surface area contributed by atoms with E-state index in [0.717, 1.165) is 28.1 Å². The largest absolute Gasteiger partial charge is 0.497 e. The van der Waals surface area contributed by atoms with Crippen LogP contribution in [0.15, 0.2) is 392 Å². The second-order valence-electron chi connectivity index (χ2n) is 26.3. The molecular formula is C99H114O3S6+6. The second kappa shape index (κ2) is 47.5. The highest BCUT2D eigenvalue weighted by molar-refractivity contribution is 7.98. The molecule has 13 aromatic rings. The highest BCUT2D eigenvalue weighted by atomic mass is 32.2. The van der Waals surface area contributed by atoms with Gasteiger partial charge in [0.25, 0.3) is 0 Å². The summed E-state index contributed by atoms with van der Waals surface area (Å²) < 4.78 is 16.6. The molecule has 0 aliphatic rings. The molecule has 0 atom stereocenters. The van der Waals surface area contributed by atoms with Crippen LogP contribution in [0.5, 0.6) is 17.2 Å². The highest BCUT2D eigenvalue weighted by Gasteiger charge is 2.33. The summed E-state index contributed by atoms with van der Waals surface area (Å²) >= 11 is 0. The zero-order valence-corrected chi connectivity index (χ0v) is 70.9. The van der Waals surface area contributed by atoms with Crippen molar-refractivity contribution in [2.24, 2.45) is 0 Å². The van der Waals surface area contributed by atoms with Gasteiger partial charge in [-0.05, 0) is 237 Å². The molecule has 0 aromatic heterocycles. The smallest absolute Gasteiger partial charge is 0.174 e. The van der Waals surface area contributed by atoms with Crippen LogP contribution in [0.3, 0.4) is 0 Å². The molecule has 0 aliphatic carbocycles. The highest BCUT2D eigenvalue weighted by Crippen LogP contribution is 2.39. The van der Waals surface area contributed by atoms with Gasteiger partial charge in [-0.25, -0.2) is 0 Å². The molecule has 0 unspecified atom stereocenters. The van der Waals surface area contributed by atoms with Crippen molar-refractivity contribution in [2.75, 3.05) is 56.9 Å². The number of hydrogen-bond acceptors (Lipinski definition) is 3. The lowest BCUT2D eigenvalue weighted by Crippen LogP contribution is -2.16. The lowest BCUT2D eigenvalue weighted by Gasteiger charge is -2.13. The third-order valence-corrected chi connectivity index (χ3v) is 28.8. The van der Waals surface area contributed by atoms with E-state index in [0.29, 0.717) is 17.5 Å². The number of benzene rings is 13. The first kappa shape index (κ1) is 85.2. The van der Waals surface area contributed by atoms with Gasteiger partial charge in [-0.15, -0.1) is 0 Å². The number of ether oxygens (including phenoxy) is 3. The fourth-order valence-corrected chi connectivity index (χ4v) is 23.8. The quantitative estimate of drug-likeness (QED) is 0.0534. The molecule has 0 N–H and O–H groups in total. The SMILES string of the molecule is CCCC[S+](CCCC)CCCC.CCOc1c(C)cc([S+](c2ccccc2)c2ccccc2)cc1C.COc1c(C)cc([S+](c2ccccc2)c2ccccc2)cc1C.COc1ccc([S+](c2ccccc2)c2ccccc2)cc1.C[S+](C)C.c1ccc([S+](c2ccccc2)c2cccc3ccccc23)cc1. The van der Waals surface area contributed by atoms with Gasteiger partial charge in [-0.3, -0.25) is 0 Å². The molecule has 0 spiro atoms. The van der Waals surface area contributed by atoms with E-state index in [9.17, 15) is 0 Å². The standard InChI is InChI=1S/C22H23OS.C22H17S.C21H21OS.C19H17OS.C12H27S.C3H9S/c1-4-23-22-17(2)15-21(16-18(22)3)24(19-11-7-5-8-12-19)20-13-9-6-10-14-20;1-3-12-19(13-4-1)23(20-14-5-2-6-15-20)22-17-9-11-18-10-7-8-16-21(18)22;1-16-14-20(15-17(2)21(16)22-3)23(18-10-6-4-7-11-18)19-12-8-5-9-13-19;1-20-16-12-14-19(15-13-16)21(17-8-4-2-5-9-17)18-10-6-3-7-11-18;1-4-7-10-13(11-8-5-2)12-9-6-3;1-4(2)3/h5-16H,4H2,1-3H3;1-17H;4-15H,1-3H3;2-15H,1H3;4-12H2,1-3H3;1-3H3/q6*+1. The van der Waals surface area contributed by atoms with Crippen LogP contribution in [0.2, 0.25) is 0 Å². The maximum absolute atomic E-state index is 5.82. The molecule has 3 nitrogen and oxygen atoms in total. The maximum Gasteiger partial charge on any atom is 0.174 e. The van der Waals surface area contributed by atoms with E-state index in [1.54, 1.807) is 14.2 Å². The normalized spacial score (nSPS) is 10.8.